The van der Waals surface area contributed by atoms with Crippen LogP contribution < -0.4 is 9.62 Å². The summed E-state index contributed by atoms with van der Waals surface area (Å²) in [6.45, 7) is -0.551. The molecule has 1 N–H and O–H groups in total. The molecule has 8 nitrogen and oxygen atoms in total. The van der Waals surface area contributed by atoms with Gasteiger partial charge in [-0.05, 0) is 65.1 Å². The van der Waals surface area contributed by atoms with E-state index in [-0.39, 0.29) is 5.69 Å². The number of nitro benzene ring substituents is 1. The van der Waals surface area contributed by atoms with Crippen LogP contribution in [-0.4, -0.2) is 25.8 Å². The molecule has 1 amide bonds. The first kappa shape index (κ1) is 21.7. The lowest BCUT2D eigenvalue weighted by atomic mass is 10.3. The number of nitrogens with one attached hydrogen (secondary N) is 1. The van der Waals surface area contributed by atoms with Gasteiger partial charge in [-0.15, -0.1) is 0 Å². The number of benzene rings is 3. The summed E-state index contributed by atoms with van der Waals surface area (Å²) in [6, 6.07) is 20.0. The fourth-order valence-electron chi connectivity index (χ4n) is 2.72. The maximum Gasteiger partial charge on any atom is 0.289 e. The summed E-state index contributed by atoms with van der Waals surface area (Å²) in [4.78, 5) is 22.7. The van der Waals surface area contributed by atoms with Crippen molar-refractivity contribution in [1.82, 2.24) is 0 Å². The third-order valence-corrected chi connectivity index (χ3v) is 6.63. The van der Waals surface area contributed by atoms with Gasteiger partial charge in [-0.25, -0.2) is 8.42 Å². The highest BCUT2D eigenvalue weighted by Crippen LogP contribution is 2.29. The predicted molar refractivity (Wildman–Crippen MR) is 122 cm³/mol. The minimum Gasteiger partial charge on any atom is -0.325 e. The lowest BCUT2D eigenvalue weighted by Gasteiger charge is -2.24. The second kappa shape index (κ2) is 9.22. The normalized spacial score (nSPS) is 11.0. The molecule has 0 bridgehead atoms. The number of halogens is 1. The number of rotatable bonds is 7. The molecule has 0 saturated carbocycles. The number of sulfonamides is 1. The average molecular weight is 537 g/mol. The Kier molecular flexibility index (Phi) is 6.67. The lowest BCUT2D eigenvalue weighted by molar-refractivity contribution is -0.387. The third-order valence-electron chi connectivity index (χ3n) is 4.09. The Bertz CT molecular complexity index is 1170. The van der Waals surface area contributed by atoms with Gasteiger partial charge in [0.05, 0.1) is 10.6 Å². The zero-order valence-corrected chi connectivity index (χ0v) is 18.4. The Balaban J connectivity index is 1.98. The summed E-state index contributed by atoms with van der Waals surface area (Å²) in [5.74, 6) is -0.581. The van der Waals surface area contributed by atoms with Gasteiger partial charge >= 0.3 is 0 Å². The van der Waals surface area contributed by atoms with Crippen LogP contribution in [0.15, 0.2) is 83.8 Å². The number of carbonyl (C=O) groups excluding carboxylic acids is 1. The molecule has 0 aliphatic carbocycles. The van der Waals surface area contributed by atoms with E-state index in [1.54, 1.807) is 42.5 Å². The molecule has 30 heavy (non-hydrogen) atoms. The molecular formula is C20H16IN3O5S. The van der Waals surface area contributed by atoms with E-state index in [1.807, 2.05) is 0 Å². The van der Waals surface area contributed by atoms with Crippen molar-refractivity contribution in [3.05, 3.63) is 92.5 Å². The van der Waals surface area contributed by atoms with Crippen molar-refractivity contribution in [3.8, 4) is 0 Å². The number of anilines is 2. The molecule has 0 heterocycles. The van der Waals surface area contributed by atoms with E-state index in [0.29, 0.717) is 5.69 Å². The second-order valence-electron chi connectivity index (χ2n) is 6.13. The maximum atomic E-state index is 13.3. The van der Waals surface area contributed by atoms with E-state index in [2.05, 4.69) is 27.9 Å². The lowest BCUT2D eigenvalue weighted by Crippen LogP contribution is -2.38. The van der Waals surface area contributed by atoms with Crippen LogP contribution in [-0.2, 0) is 14.8 Å². The molecule has 3 rings (SSSR count). The summed E-state index contributed by atoms with van der Waals surface area (Å²) in [6.07, 6.45) is 0. The monoisotopic (exact) mass is 537 g/mol. The summed E-state index contributed by atoms with van der Waals surface area (Å²) >= 11 is 2.13. The Morgan fingerprint density at radius 2 is 1.57 bits per heavy atom. The Hall–Kier alpha value is -2.99. The minimum absolute atomic E-state index is 0.216. The zero-order valence-electron chi connectivity index (χ0n) is 15.4. The van der Waals surface area contributed by atoms with Crippen molar-refractivity contribution >= 4 is 55.6 Å². The van der Waals surface area contributed by atoms with E-state index in [4.69, 9.17) is 0 Å². The molecular weight excluding hydrogens is 521 g/mol. The summed E-state index contributed by atoms with van der Waals surface area (Å²) in [5.41, 5.74) is 0.168. The smallest absolute Gasteiger partial charge is 0.289 e. The number of hydrogen-bond acceptors (Lipinski definition) is 5. The fraction of sp³-hybridized carbons (Fsp3) is 0.0500. The highest BCUT2D eigenvalue weighted by Gasteiger charge is 2.33. The Labute approximate surface area is 186 Å². The molecule has 0 atom stereocenters. The SMILES string of the molecule is O=C(CN(c1ccccc1)S(=O)(=O)c1ccccc1[N+](=O)[O-])Nc1ccc(I)cc1. The molecule has 3 aromatic rings. The highest BCUT2D eigenvalue weighted by atomic mass is 127. The molecule has 0 spiro atoms. The van der Waals surface area contributed by atoms with Crippen LogP contribution in [0.25, 0.3) is 0 Å². The van der Waals surface area contributed by atoms with Gasteiger partial charge in [0.15, 0.2) is 4.90 Å². The van der Waals surface area contributed by atoms with Crippen LogP contribution >= 0.6 is 22.6 Å². The number of amides is 1. The molecule has 0 aliphatic heterocycles. The van der Waals surface area contributed by atoms with Gasteiger partial charge in [0, 0.05) is 15.3 Å². The van der Waals surface area contributed by atoms with Crippen molar-refractivity contribution in [2.45, 2.75) is 4.90 Å². The number of hydrogen-bond donors (Lipinski definition) is 1. The average Bonchev–Trinajstić information content (AvgIpc) is 2.74. The molecule has 0 saturated heterocycles. The van der Waals surface area contributed by atoms with Crippen LogP contribution in [0.3, 0.4) is 0 Å². The number of nitro groups is 1. The number of nitrogens with zero attached hydrogens (tertiary/aromatic N) is 2. The van der Waals surface area contributed by atoms with E-state index in [9.17, 15) is 23.3 Å². The summed E-state index contributed by atoms with van der Waals surface area (Å²) in [5, 5.41) is 14.0. The van der Waals surface area contributed by atoms with E-state index in [0.717, 1.165) is 20.0 Å². The van der Waals surface area contributed by atoms with Crippen molar-refractivity contribution < 1.29 is 18.1 Å². The van der Waals surface area contributed by atoms with Crippen LogP contribution in [0.5, 0.6) is 0 Å². The van der Waals surface area contributed by atoms with Gasteiger partial charge in [0.25, 0.3) is 15.7 Å². The van der Waals surface area contributed by atoms with Crippen molar-refractivity contribution in [3.63, 3.8) is 0 Å². The molecule has 0 unspecified atom stereocenters. The van der Waals surface area contributed by atoms with E-state index in [1.165, 1.54) is 24.3 Å². The van der Waals surface area contributed by atoms with Crippen molar-refractivity contribution in [2.75, 3.05) is 16.2 Å². The number of carbonyl (C=O) groups is 1. The topological polar surface area (TPSA) is 110 Å². The molecule has 0 aromatic heterocycles. The van der Waals surface area contributed by atoms with Crippen LogP contribution in [0.2, 0.25) is 0 Å². The van der Waals surface area contributed by atoms with Crippen LogP contribution in [0, 0.1) is 13.7 Å². The van der Waals surface area contributed by atoms with Crippen LogP contribution in [0.4, 0.5) is 17.1 Å². The first-order chi connectivity index (χ1) is 14.3. The van der Waals surface area contributed by atoms with Crippen LogP contribution in [0.1, 0.15) is 0 Å². The largest absolute Gasteiger partial charge is 0.325 e. The first-order valence-electron chi connectivity index (χ1n) is 8.65. The third kappa shape index (κ3) is 4.94. The molecule has 3 aromatic carbocycles. The van der Waals surface area contributed by atoms with Gasteiger partial charge in [0.2, 0.25) is 5.91 Å². The molecule has 0 aliphatic rings. The van der Waals surface area contributed by atoms with Crippen molar-refractivity contribution in [2.24, 2.45) is 0 Å². The van der Waals surface area contributed by atoms with Gasteiger partial charge in [-0.3, -0.25) is 19.2 Å². The standard InChI is InChI=1S/C20H16IN3O5S/c21-15-10-12-16(13-11-15)22-20(25)14-23(17-6-2-1-3-7-17)30(28,29)19-9-5-4-8-18(19)24(26)27/h1-13H,14H2,(H,22,25). The van der Waals surface area contributed by atoms with Gasteiger partial charge in [0.1, 0.15) is 6.54 Å². The minimum atomic E-state index is -4.39. The number of para-hydroxylation sites is 2. The van der Waals surface area contributed by atoms with Gasteiger partial charge in [-0.2, -0.15) is 0 Å². The second-order valence-corrected chi connectivity index (χ2v) is 9.20. The Morgan fingerprint density at radius 1 is 0.967 bits per heavy atom. The maximum absolute atomic E-state index is 13.3. The van der Waals surface area contributed by atoms with Crippen molar-refractivity contribution in [1.29, 1.82) is 0 Å². The zero-order chi connectivity index (χ0) is 21.7. The van der Waals surface area contributed by atoms with Gasteiger partial charge in [-0.1, -0.05) is 30.3 Å². The predicted octanol–water partition coefficient (Wildman–Crippen LogP) is 4.03. The quantitative estimate of drug-likeness (QED) is 0.278. The summed E-state index contributed by atoms with van der Waals surface area (Å²) in [7, 11) is -4.39. The Morgan fingerprint density at radius 3 is 2.20 bits per heavy atom. The van der Waals surface area contributed by atoms with Gasteiger partial charge < -0.3 is 5.32 Å². The molecule has 0 radical (unpaired) electrons. The summed E-state index contributed by atoms with van der Waals surface area (Å²) < 4.78 is 28.5. The first-order valence-corrected chi connectivity index (χ1v) is 11.2. The fourth-order valence-corrected chi connectivity index (χ4v) is 4.66. The van der Waals surface area contributed by atoms with E-state index < -0.39 is 38.0 Å². The molecule has 154 valence electrons. The van der Waals surface area contributed by atoms with E-state index >= 15 is 0 Å². The molecule has 10 heteroatoms. The highest BCUT2D eigenvalue weighted by molar-refractivity contribution is 14.1. The molecule has 0 fully saturated rings.